The molecule has 0 saturated carbocycles. The van der Waals surface area contributed by atoms with Crippen LogP contribution in [0.4, 0.5) is 0 Å². The summed E-state index contributed by atoms with van der Waals surface area (Å²) in [5, 5.41) is 0. The molecule has 136 valence electrons. The fraction of sp³-hybridized carbons (Fsp3) is 0.450. The molecular formula is C20H22N2O3S. The van der Waals surface area contributed by atoms with Crippen LogP contribution in [0.5, 0.6) is 11.5 Å². The summed E-state index contributed by atoms with van der Waals surface area (Å²) in [6.45, 7) is 4.25. The molecule has 2 aromatic rings. The zero-order valence-electron chi connectivity index (χ0n) is 14.6. The number of hydrogen-bond acceptors (Lipinski definition) is 6. The Bertz CT molecular complexity index is 780. The Hall–Kier alpha value is -1.76. The second-order valence-electron chi connectivity index (χ2n) is 7.33. The third kappa shape index (κ3) is 3.29. The molecule has 3 aliphatic rings. The van der Waals surface area contributed by atoms with Gasteiger partial charge in [0.05, 0.1) is 12.7 Å². The van der Waals surface area contributed by atoms with Crippen molar-refractivity contribution in [1.82, 2.24) is 9.88 Å². The second kappa shape index (κ2) is 6.76. The Morgan fingerprint density at radius 1 is 1.19 bits per heavy atom. The summed E-state index contributed by atoms with van der Waals surface area (Å²) in [6, 6.07) is 10.3. The molecule has 5 rings (SSSR count). The number of likely N-dealkylation sites (tertiary alicyclic amines) is 1. The fourth-order valence-electron chi connectivity index (χ4n) is 4.01. The predicted molar refractivity (Wildman–Crippen MR) is 100 cm³/mol. The zero-order chi connectivity index (χ0) is 17.4. The third-order valence-corrected chi connectivity index (χ3v) is 6.83. The molecule has 1 unspecified atom stereocenters. The van der Waals surface area contributed by atoms with Crippen molar-refractivity contribution in [3.05, 3.63) is 53.9 Å². The van der Waals surface area contributed by atoms with Crippen molar-refractivity contribution in [1.29, 1.82) is 0 Å². The molecule has 0 aliphatic carbocycles. The number of ether oxygens (including phenoxy) is 3. The van der Waals surface area contributed by atoms with Crippen LogP contribution in [-0.2, 0) is 17.9 Å². The summed E-state index contributed by atoms with van der Waals surface area (Å²) >= 11 is 2.08. The van der Waals surface area contributed by atoms with E-state index in [0.29, 0.717) is 24.3 Å². The predicted octanol–water partition coefficient (Wildman–Crippen LogP) is 3.09. The van der Waals surface area contributed by atoms with Crippen molar-refractivity contribution < 1.29 is 14.2 Å². The molecule has 0 bridgehead atoms. The number of hydrogen-bond donors (Lipinski definition) is 0. The lowest BCUT2D eigenvalue weighted by Crippen LogP contribution is -2.58. The molecule has 0 N–H and O–H groups in total. The van der Waals surface area contributed by atoms with Gasteiger partial charge in [0.1, 0.15) is 0 Å². The van der Waals surface area contributed by atoms with Gasteiger partial charge in [-0.25, -0.2) is 0 Å². The Morgan fingerprint density at radius 3 is 3.00 bits per heavy atom. The molecule has 26 heavy (non-hydrogen) atoms. The van der Waals surface area contributed by atoms with Crippen molar-refractivity contribution in [3.63, 3.8) is 0 Å². The highest BCUT2D eigenvalue weighted by Gasteiger charge is 2.49. The molecule has 6 heteroatoms. The second-order valence-corrected chi connectivity index (χ2v) is 8.81. The average Bonchev–Trinajstić information content (AvgIpc) is 3.27. The Balaban J connectivity index is 1.11. The lowest BCUT2D eigenvalue weighted by atomic mass is 9.92. The minimum absolute atomic E-state index is 0.336. The van der Waals surface area contributed by atoms with E-state index in [1.807, 2.05) is 18.3 Å². The van der Waals surface area contributed by atoms with Crippen molar-refractivity contribution >= 4 is 11.8 Å². The number of benzene rings is 1. The summed E-state index contributed by atoms with van der Waals surface area (Å²) in [5.74, 6) is 2.82. The number of rotatable bonds is 5. The van der Waals surface area contributed by atoms with Gasteiger partial charge >= 0.3 is 0 Å². The monoisotopic (exact) mass is 370 g/mol. The first-order valence-corrected chi connectivity index (χ1v) is 10.0. The van der Waals surface area contributed by atoms with Crippen LogP contribution in [0.3, 0.4) is 0 Å². The summed E-state index contributed by atoms with van der Waals surface area (Å²) in [4.78, 5) is 6.66. The van der Waals surface area contributed by atoms with E-state index in [4.69, 9.17) is 14.2 Å². The van der Waals surface area contributed by atoms with Crippen LogP contribution in [-0.4, -0.2) is 46.4 Å². The van der Waals surface area contributed by atoms with E-state index in [9.17, 15) is 0 Å². The molecule has 5 nitrogen and oxygen atoms in total. The van der Waals surface area contributed by atoms with Crippen molar-refractivity contribution in [2.24, 2.45) is 0 Å². The maximum Gasteiger partial charge on any atom is 0.231 e. The molecule has 1 atom stereocenters. The van der Waals surface area contributed by atoms with Gasteiger partial charge in [0.15, 0.2) is 11.5 Å². The van der Waals surface area contributed by atoms with Gasteiger partial charge in [-0.05, 0) is 35.7 Å². The quantitative estimate of drug-likeness (QED) is 0.806. The number of pyridine rings is 1. The molecule has 2 saturated heterocycles. The van der Waals surface area contributed by atoms with Crippen LogP contribution in [0.1, 0.15) is 17.5 Å². The minimum Gasteiger partial charge on any atom is -0.454 e. The smallest absolute Gasteiger partial charge is 0.231 e. The van der Waals surface area contributed by atoms with Gasteiger partial charge in [0.25, 0.3) is 0 Å². The van der Waals surface area contributed by atoms with Gasteiger partial charge in [-0.15, -0.1) is 11.8 Å². The highest BCUT2D eigenvalue weighted by molar-refractivity contribution is 8.01. The number of thioether (sulfide) groups is 1. The standard InChI is InChI=1S/C20H22N2O3S/c1-2-16(8-21-5-1)10-23-17-7-20(26-11-17)12-22(13-20)9-15-3-4-18-19(6-15)25-14-24-18/h1-6,8,17H,7,9-14H2. The van der Waals surface area contributed by atoms with Crippen LogP contribution < -0.4 is 9.47 Å². The average molecular weight is 370 g/mol. The Morgan fingerprint density at radius 2 is 2.12 bits per heavy atom. The topological polar surface area (TPSA) is 43.8 Å². The Kier molecular flexibility index (Phi) is 4.27. The number of fused-ring (bicyclic) bond motifs is 1. The van der Waals surface area contributed by atoms with Crippen LogP contribution in [0.15, 0.2) is 42.7 Å². The van der Waals surface area contributed by atoms with Crippen molar-refractivity contribution in [3.8, 4) is 11.5 Å². The zero-order valence-corrected chi connectivity index (χ0v) is 15.4. The van der Waals surface area contributed by atoms with Gasteiger partial charge < -0.3 is 14.2 Å². The first-order valence-electron chi connectivity index (χ1n) is 9.03. The minimum atomic E-state index is 0.336. The van der Waals surface area contributed by atoms with E-state index in [1.165, 1.54) is 5.56 Å². The SMILES string of the molecule is c1cncc(COC2CSC3(C2)CN(Cc2ccc4c(c2)OCO4)C3)c1. The molecule has 4 heterocycles. The molecule has 3 aliphatic heterocycles. The summed E-state index contributed by atoms with van der Waals surface area (Å²) < 4.78 is 17.4. The maximum atomic E-state index is 6.11. The fourth-order valence-corrected chi connectivity index (χ4v) is 5.61. The molecular weight excluding hydrogens is 348 g/mol. The van der Waals surface area contributed by atoms with E-state index in [2.05, 4.69) is 39.8 Å². The van der Waals surface area contributed by atoms with Gasteiger partial charge in [-0.3, -0.25) is 9.88 Å². The van der Waals surface area contributed by atoms with Crippen LogP contribution in [0, 0.1) is 0 Å². The summed E-state index contributed by atoms with van der Waals surface area (Å²) in [6.07, 6.45) is 5.18. The number of aromatic nitrogens is 1. The summed E-state index contributed by atoms with van der Waals surface area (Å²) in [7, 11) is 0. The maximum absolute atomic E-state index is 6.11. The molecule has 1 aromatic heterocycles. The molecule has 0 amide bonds. The first kappa shape index (κ1) is 16.4. The van der Waals surface area contributed by atoms with Gasteiger partial charge in [0.2, 0.25) is 6.79 Å². The van der Waals surface area contributed by atoms with Gasteiger partial charge in [-0.1, -0.05) is 12.1 Å². The van der Waals surface area contributed by atoms with E-state index in [0.717, 1.165) is 48.9 Å². The number of nitrogens with zero attached hydrogens (tertiary/aromatic N) is 2. The molecule has 1 spiro atoms. The van der Waals surface area contributed by atoms with Crippen LogP contribution in [0.2, 0.25) is 0 Å². The van der Waals surface area contributed by atoms with E-state index in [-0.39, 0.29) is 0 Å². The van der Waals surface area contributed by atoms with Gasteiger partial charge in [-0.2, -0.15) is 0 Å². The van der Waals surface area contributed by atoms with E-state index < -0.39 is 0 Å². The van der Waals surface area contributed by atoms with E-state index in [1.54, 1.807) is 6.20 Å². The molecule has 1 aromatic carbocycles. The van der Waals surface area contributed by atoms with Gasteiger partial charge in [0, 0.05) is 42.5 Å². The molecule has 2 fully saturated rings. The van der Waals surface area contributed by atoms with Crippen LogP contribution >= 0.6 is 11.8 Å². The third-order valence-electron chi connectivity index (χ3n) is 5.25. The first-order chi connectivity index (χ1) is 12.8. The highest BCUT2D eigenvalue weighted by Crippen LogP contribution is 2.46. The Labute approximate surface area is 157 Å². The van der Waals surface area contributed by atoms with E-state index >= 15 is 0 Å². The van der Waals surface area contributed by atoms with Crippen LogP contribution in [0.25, 0.3) is 0 Å². The lowest BCUT2D eigenvalue weighted by molar-refractivity contribution is 0.0263. The highest BCUT2D eigenvalue weighted by atomic mass is 32.2. The largest absolute Gasteiger partial charge is 0.454 e. The van der Waals surface area contributed by atoms with Crippen molar-refractivity contribution in [2.45, 2.75) is 30.4 Å². The van der Waals surface area contributed by atoms with Crippen molar-refractivity contribution in [2.75, 3.05) is 25.6 Å². The summed E-state index contributed by atoms with van der Waals surface area (Å²) in [5.41, 5.74) is 2.44. The normalized spacial score (nSPS) is 23.3. The lowest BCUT2D eigenvalue weighted by Gasteiger charge is -2.47. The molecule has 0 radical (unpaired) electrons.